The average Bonchev–Trinajstić information content (AvgIpc) is 3.85. The smallest absolute Gasteiger partial charge is 0.255 e. The second kappa shape index (κ2) is 17.9. The molecule has 3 amide bonds. The SMILES string of the molecule is COc1ccc(C2=NN(C3CCN(C(=O)C[C@@H](Cc4ccccc4)NC(=O)c4c[nH]c5c(-c6c(OCC7CC7)ccc7c6OCO7)ncnc45)CC3)C(=O)[C@@H]3CCCC[C@H]23)cc1OC. The second-order valence-corrected chi connectivity index (χ2v) is 17.5. The van der Waals surface area contributed by atoms with Crippen LogP contribution in [0.2, 0.25) is 0 Å². The van der Waals surface area contributed by atoms with Crippen LogP contribution in [0.1, 0.15) is 79.3 Å². The number of benzene rings is 3. The van der Waals surface area contributed by atoms with Gasteiger partial charge in [0, 0.05) is 49.1 Å². The maximum absolute atomic E-state index is 14.3. The Morgan fingerprint density at radius 1 is 0.891 bits per heavy atom. The van der Waals surface area contributed by atoms with Crippen molar-refractivity contribution < 1.29 is 38.1 Å². The molecular formula is C49H53N7O8. The van der Waals surface area contributed by atoms with Crippen LogP contribution in [0.4, 0.5) is 0 Å². The number of H-pyrrole nitrogens is 1. The molecule has 5 aliphatic rings. The predicted octanol–water partition coefficient (Wildman–Crippen LogP) is 6.93. The third-order valence-electron chi connectivity index (χ3n) is 13.4. The van der Waals surface area contributed by atoms with Crippen LogP contribution in [0.25, 0.3) is 22.3 Å². The molecule has 5 heterocycles. The van der Waals surface area contributed by atoms with Crippen molar-refractivity contribution in [2.45, 2.75) is 76.3 Å². The molecule has 3 aliphatic heterocycles. The van der Waals surface area contributed by atoms with Crippen LogP contribution in [-0.2, 0) is 16.0 Å². The molecule has 5 aromatic rings. The molecule has 15 heteroatoms. The maximum Gasteiger partial charge on any atom is 0.255 e. The molecule has 2 aliphatic carbocycles. The van der Waals surface area contributed by atoms with Gasteiger partial charge in [-0.05, 0) is 86.8 Å². The minimum Gasteiger partial charge on any atom is -0.493 e. The minimum atomic E-state index is -0.516. The van der Waals surface area contributed by atoms with Gasteiger partial charge >= 0.3 is 0 Å². The van der Waals surface area contributed by atoms with Gasteiger partial charge in [-0.15, -0.1) is 0 Å². The molecule has 3 atom stereocenters. The number of fused-ring (bicyclic) bond motifs is 3. The Balaban J connectivity index is 0.855. The van der Waals surface area contributed by atoms with Crippen molar-refractivity contribution in [3.8, 4) is 40.0 Å². The summed E-state index contributed by atoms with van der Waals surface area (Å²) in [6.45, 7) is 1.62. The lowest BCUT2D eigenvalue weighted by Gasteiger charge is -2.43. The quantitative estimate of drug-likeness (QED) is 0.119. The van der Waals surface area contributed by atoms with E-state index in [2.05, 4.69) is 20.3 Å². The number of aromatic nitrogens is 3. The van der Waals surface area contributed by atoms with Crippen LogP contribution in [0.5, 0.6) is 28.7 Å². The van der Waals surface area contributed by atoms with E-state index in [9.17, 15) is 14.4 Å². The van der Waals surface area contributed by atoms with Gasteiger partial charge in [-0.3, -0.25) is 14.4 Å². The number of hydrogen-bond acceptors (Lipinski definition) is 11. The molecule has 3 fully saturated rings. The number of likely N-dealkylation sites (tertiary alicyclic amines) is 1. The van der Waals surface area contributed by atoms with Crippen molar-refractivity contribution in [3.05, 3.63) is 89.9 Å². The molecule has 2 N–H and O–H groups in total. The van der Waals surface area contributed by atoms with Gasteiger partial charge in [-0.25, -0.2) is 15.0 Å². The zero-order valence-corrected chi connectivity index (χ0v) is 36.2. The maximum atomic E-state index is 14.3. The fourth-order valence-corrected chi connectivity index (χ4v) is 9.82. The number of ether oxygens (including phenoxy) is 5. The van der Waals surface area contributed by atoms with Crippen LogP contribution < -0.4 is 29.0 Å². The zero-order chi connectivity index (χ0) is 43.7. The van der Waals surface area contributed by atoms with Crippen molar-refractivity contribution in [2.24, 2.45) is 22.9 Å². The molecule has 15 nitrogen and oxygen atoms in total. The molecule has 0 unspecified atom stereocenters. The van der Waals surface area contributed by atoms with E-state index in [0.29, 0.717) is 101 Å². The number of hydrogen-bond donors (Lipinski definition) is 2. The Bertz CT molecular complexity index is 2580. The zero-order valence-electron chi connectivity index (χ0n) is 36.2. The van der Waals surface area contributed by atoms with Gasteiger partial charge in [0.1, 0.15) is 23.3 Å². The number of hydrazone groups is 1. The van der Waals surface area contributed by atoms with E-state index < -0.39 is 6.04 Å². The molecule has 0 bridgehead atoms. The van der Waals surface area contributed by atoms with Crippen LogP contribution in [0, 0.1) is 17.8 Å². The van der Waals surface area contributed by atoms with E-state index in [0.717, 1.165) is 55.4 Å². The molecule has 2 aromatic heterocycles. The summed E-state index contributed by atoms with van der Waals surface area (Å²) in [4.78, 5) is 56.9. The third kappa shape index (κ3) is 8.19. The fraction of sp³-hybridized carbons (Fsp3) is 0.429. The highest BCUT2D eigenvalue weighted by molar-refractivity contribution is 6.09. The monoisotopic (exact) mass is 867 g/mol. The standard InChI is InChI=1S/C49H53N7O8/c1-60-37-15-14-31(23-40(37)61-2)43-34-10-6-7-11-35(34)49(59)56(54-43)33-18-20-55(21-19-33)41(57)24-32(22-29-8-4-3-5-9-29)53-48(58)36-25-50-46-44(36)51-27-52-45(46)42-38(62-26-30-12-13-30)16-17-39-47(42)64-28-63-39/h3-5,8-9,14-17,23,25,27,30,32-35,50H,6-7,10-13,18-22,24,26,28H2,1-2H3,(H,53,58)/t32-,34+,35-/m1/s1. The number of nitrogens with zero attached hydrogens (tertiary/aromatic N) is 5. The highest BCUT2D eigenvalue weighted by Gasteiger charge is 2.44. The largest absolute Gasteiger partial charge is 0.493 e. The summed E-state index contributed by atoms with van der Waals surface area (Å²) in [6.07, 6.45) is 10.9. The summed E-state index contributed by atoms with van der Waals surface area (Å²) in [5.74, 6) is 3.11. The summed E-state index contributed by atoms with van der Waals surface area (Å²) in [7, 11) is 3.24. The number of carbonyl (C=O) groups is 3. The van der Waals surface area contributed by atoms with Gasteiger partial charge < -0.3 is 38.9 Å². The predicted molar refractivity (Wildman–Crippen MR) is 238 cm³/mol. The number of rotatable bonds is 14. The minimum absolute atomic E-state index is 0.0473. The summed E-state index contributed by atoms with van der Waals surface area (Å²) in [6, 6.07) is 18.7. The van der Waals surface area contributed by atoms with Gasteiger partial charge in [-0.2, -0.15) is 5.10 Å². The molecule has 2 saturated carbocycles. The third-order valence-corrected chi connectivity index (χ3v) is 13.4. The molecule has 1 saturated heterocycles. The van der Waals surface area contributed by atoms with E-state index in [4.69, 9.17) is 28.8 Å². The average molecular weight is 868 g/mol. The topological polar surface area (TPSA) is 170 Å². The molecule has 3 aromatic carbocycles. The fourth-order valence-electron chi connectivity index (χ4n) is 9.82. The van der Waals surface area contributed by atoms with Crippen LogP contribution in [0.15, 0.2) is 78.3 Å². The lowest BCUT2D eigenvalue weighted by molar-refractivity contribution is -0.143. The molecule has 10 rings (SSSR count). The van der Waals surface area contributed by atoms with Crippen molar-refractivity contribution in [3.63, 3.8) is 0 Å². The normalized spacial score (nSPS) is 20.1. The van der Waals surface area contributed by atoms with E-state index in [-0.39, 0.29) is 48.8 Å². The first kappa shape index (κ1) is 41.4. The molecule has 332 valence electrons. The highest BCUT2D eigenvalue weighted by atomic mass is 16.7. The molecule has 0 spiro atoms. The molecular weight excluding hydrogens is 815 g/mol. The summed E-state index contributed by atoms with van der Waals surface area (Å²) in [5.41, 5.74) is 5.32. The molecule has 64 heavy (non-hydrogen) atoms. The van der Waals surface area contributed by atoms with Gasteiger partial charge in [-0.1, -0.05) is 43.2 Å². The van der Waals surface area contributed by atoms with Crippen molar-refractivity contribution in [1.82, 2.24) is 30.2 Å². The van der Waals surface area contributed by atoms with E-state index in [1.807, 2.05) is 65.6 Å². The summed E-state index contributed by atoms with van der Waals surface area (Å²) < 4.78 is 29.0. The number of aromatic amines is 1. The number of piperidine rings is 1. The van der Waals surface area contributed by atoms with E-state index in [1.165, 1.54) is 6.33 Å². The van der Waals surface area contributed by atoms with E-state index >= 15 is 0 Å². The number of methoxy groups -OCH3 is 2. The Hall–Kier alpha value is -6.64. The Labute approximate surface area is 371 Å². The van der Waals surface area contributed by atoms with E-state index in [1.54, 1.807) is 25.4 Å². The Morgan fingerprint density at radius 3 is 2.45 bits per heavy atom. The van der Waals surface area contributed by atoms with Crippen LogP contribution in [0.3, 0.4) is 0 Å². The Morgan fingerprint density at radius 2 is 1.67 bits per heavy atom. The number of amides is 3. The summed E-state index contributed by atoms with van der Waals surface area (Å²) in [5, 5.41) is 10.0. The van der Waals surface area contributed by atoms with Gasteiger partial charge in [0.25, 0.3) is 5.91 Å². The first-order valence-corrected chi connectivity index (χ1v) is 22.5. The highest BCUT2D eigenvalue weighted by Crippen LogP contribution is 2.48. The first-order valence-electron chi connectivity index (χ1n) is 22.5. The molecule has 0 radical (unpaired) electrons. The van der Waals surface area contributed by atoms with Crippen molar-refractivity contribution in [2.75, 3.05) is 40.7 Å². The summed E-state index contributed by atoms with van der Waals surface area (Å²) >= 11 is 0. The van der Waals surface area contributed by atoms with Crippen molar-refractivity contribution in [1.29, 1.82) is 0 Å². The number of carbonyl (C=O) groups excluding carboxylic acids is 3. The van der Waals surface area contributed by atoms with Gasteiger partial charge in [0.15, 0.2) is 23.0 Å². The number of nitrogens with one attached hydrogen (secondary N) is 2. The lowest BCUT2D eigenvalue weighted by Crippen LogP contribution is -2.53. The Kier molecular flexibility index (Phi) is 11.5. The second-order valence-electron chi connectivity index (χ2n) is 17.5. The van der Waals surface area contributed by atoms with Gasteiger partial charge in [0.05, 0.1) is 49.2 Å². The van der Waals surface area contributed by atoms with Crippen LogP contribution in [-0.4, -0.2) is 101 Å². The van der Waals surface area contributed by atoms with Crippen LogP contribution >= 0.6 is 0 Å². The van der Waals surface area contributed by atoms with Gasteiger partial charge in [0.2, 0.25) is 18.6 Å². The first-order chi connectivity index (χ1) is 31.4. The lowest BCUT2D eigenvalue weighted by atomic mass is 9.73. The van der Waals surface area contributed by atoms with Crippen molar-refractivity contribution >= 4 is 34.5 Å².